The van der Waals surface area contributed by atoms with Gasteiger partial charge in [-0.15, -0.1) is 5.10 Å². The van der Waals surface area contributed by atoms with E-state index in [1.54, 1.807) is 17.8 Å². The van der Waals surface area contributed by atoms with E-state index in [0.717, 1.165) is 0 Å². The van der Waals surface area contributed by atoms with Crippen LogP contribution in [0.5, 0.6) is 0 Å². The Morgan fingerprint density at radius 2 is 2.47 bits per heavy atom. The highest BCUT2D eigenvalue weighted by atomic mass is 16.5. The van der Waals surface area contributed by atoms with Gasteiger partial charge in [0.15, 0.2) is 0 Å². The van der Waals surface area contributed by atoms with Crippen LogP contribution in [0, 0.1) is 0 Å². The van der Waals surface area contributed by atoms with Crippen molar-refractivity contribution < 1.29 is 9.53 Å². The standard InChI is InChI=1S/C10H13N5O2/c1-3-17-10(16)9-12-8(13-14-9)7(2)15-6-4-5-11-15/h4-7H,3H2,1-2H3,(H,12,13,14). The maximum absolute atomic E-state index is 11.4. The molecule has 0 bridgehead atoms. The SMILES string of the molecule is CCOC(=O)c1n[nH]c(C(C)n2cccn2)n1. The van der Waals surface area contributed by atoms with E-state index in [1.807, 2.05) is 19.2 Å². The number of hydrogen-bond donors (Lipinski definition) is 1. The van der Waals surface area contributed by atoms with E-state index in [9.17, 15) is 4.79 Å². The number of esters is 1. The summed E-state index contributed by atoms with van der Waals surface area (Å²) < 4.78 is 6.52. The zero-order valence-electron chi connectivity index (χ0n) is 9.62. The van der Waals surface area contributed by atoms with Crippen molar-refractivity contribution in [2.75, 3.05) is 6.61 Å². The molecule has 0 fully saturated rings. The van der Waals surface area contributed by atoms with Gasteiger partial charge in [-0.05, 0) is 19.9 Å². The molecule has 90 valence electrons. The monoisotopic (exact) mass is 235 g/mol. The number of rotatable bonds is 4. The quantitative estimate of drug-likeness (QED) is 0.792. The van der Waals surface area contributed by atoms with Crippen molar-refractivity contribution in [3.63, 3.8) is 0 Å². The maximum atomic E-state index is 11.4. The predicted octanol–water partition coefficient (Wildman–Crippen LogP) is 0.787. The van der Waals surface area contributed by atoms with Crippen molar-refractivity contribution in [2.24, 2.45) is 0 Å². The van der Waals surface area contributed by atoms with Gasteiger partial charge in [-0.3, -0.25) is 9.78 Å². The van der Waals surface area contributed by atoms with Gasteiger partial charge in [-0.2, -0.15) is 5.10 Å². The van der Waals surface area contributed by atoms with Crippen LogP contribution in [-0.2, 0) is 4.74 Å². The lowest BCUT2D eigenvalue weighted by molar-refractivity contribution is 0.0512. The van der Waals surface area contributed by atoms with Crippen LogP contribution in [0.4, 0.5) is 0 Å². The molecule has 1 N–H and O–H groups in total. The highest BCUT2D eigenvalue weighted by Crippen LogP contribution is 2.11. The third kappa shape index (κ3) is 2.32. The predicted molar refractivity (Wildman–Crippen MR) is 58.4 cm³/mol. The highest BCUT2D eigenvalue weighted by Gasteiger charge is 2.17. The summed E-state index contributed by atoms with van der Waals surface area (Å²) in [5, 5.41) is 10.6. The molecule has 2 aromatic heterocycles. The Bertz CT molecular complexity index is 491. The second kappa shape index (κ2) is 4.77. The molecule has 17 heavy (non-hydrogen) atoms. The van der Waals surface area contributed by atoms with Gasteiger partial charge in [0.05, 0.1) is 6.61 Å². The molecule has 0 saturated carbocycles. The molecule has 0 aliphatic heterocycles. The Morgan fingerprint density at radius 1 is 1.65 bits per heavy atom. The van der Waals surface area contributed by atoms with E-state index in [-0.39, 0.29) is 11.9 Å². The first-order chi connectivity index (χ1) is 8.22. The summed E-state index contributed by atoms with van der Waals surface area (Å²) in [5.41, 5.74) is 0. The topological polar surface area (TPSA) is 85.7 Å². The average molecular weight is 235 g/mol. The Labute approximate surface area is 97.8 Å². The van der Waals surface area contributed by atoms with Gasteiger partial charge in [0.1, 0.15) is 11.9 Å². The van der Waals surface area contributed by atoms with Crippen molar-refractivity contribution in [3.8, 4) is 0 Å². The summed E-state index contributed by atoms with van der Waals surface area (Å²) in [5.74, 6) is 0.0836. The first kappa shape index (κ1) is 11.3. The van der Waals surface area contributed by atoms with E-state index >= 15 is 0 Å². The Hall–Kier alpha value is -2.18. The minimum absolute atomic E-state index is 0.0425. The summed E-state index contributed by atoms with van der Waals surface area (Å²) in [6.45, 7) is 3.94. The molecule has 0 aromatic carbocycles. The second-order valence-corrected chi connectivity index (χ2v) is 3.43. The summed E-state index contributed by atoms with van der Waals surface area (Å²) >= 11 is 0. The molecule has 2 heterocycles. The molecular weight excluding hydrogens is 222 g/mol. The Morgan fingerprint density at radius 3 is 3.12 bits per heavy atom. The molecule has 0 amide bonds. The number of aromatic amines is 1. The molecule has 0 aliphatic carbocycles. The molecule has 0 aliphatic rings. The van der Waals surface area contributed by atoms with Crippen LogP contribution < -0.4 is 0 Å². The van der Waals surface area contributed by atoms with Crippen molar-refractivity contribution in [1.82, 2.24) is 25.0 Å². The molecule has 0 saturated heterocycles. The minimum Gasteiger partial charge on any atom is -0.460 e. The number of hydrogen-bond acceptors (Lipinski definition) is 5. The van der Waals surface area contributed by atoms with Crippen molar-refractivity contribution in [2.45, 2.75) is 19.9 Å². The fourth-order valence-electron chi connectivity index (χ4n) is 1.38. The fraction of sp³-hybridized carbons (Fsp3) is 0.400. The molecule has 1 unspecified atom stereocenters. The molecule has 2 aromatic rings. The molecular formula is C10H13N5O2. The number of aromatic nitrogens is 5. The molecule has 7 nitrogen and oxygen atoms in total. The van der Waals surface area contributed by atoms with Crippen LogP contribution in [0.1, 0.15) is 36.3 Å². The first-order valence-electron chi connectivity index (χ1n) is 5.31. The fourth-order valence-corrected chi connectivity index (χ4v) is 1.38. The number of nitrogens with zero attached hydrogens (tertiary/aromatic N) is 4. The first-order valence-corrected chi connectivity index (χ1v) is 5.31. The maximum Gasteiger partial charge on any atom is 0.378 e. The van der Waals surface area contributed by atoms with Crippen molar-refractivity contribution in [1.29, 1.82) is 0 Å². The van der Waals surface area contributed by atoms with E-state index in [1.165, 1.54) is 0 Å². The van der Waals surface area contributed by atoms with Crippen molar-refractivity contribution in [3.05, 3.63) is 30.1 Å². The molecule has 0 spiro atoms. The van der Waals surface area contributed by atoms with Crippen LogP contribution in [0.3, 0.4) is 0 Å². The molecule has 7 heteroatoms. The summed E-state index contributed by atoms with van der Waals surface area (Å²) in [6, 6.07) is 1.71. The van der Waals surface area contributed by atoms with Gasteiger partial charge >= 0.3 is 5.97 Å². The van der Waals surface area contributed by atoms with Gasteiger partial charge < -0.3 is 4.74 Å². The number of carbonyl (C=O) groups is 1. The van der Waals surface area contributed by atoms with Crippen molar-refractivity contribution >= 4 is 5.97 Å². The van der Waals surface area contributed by atoms with E-state index < -0.39 is 5.97 Å². The van der Waals surface area contributed by atoms with E-state index in [2.05, 4.69) is 20.3 Å². The normalized spacial score (nSPS) is 12.4. The largest absolute Gasteiger partial charge is 0.460 e. The summed E-state index contributed by atoms with van der Waals surface area (Å²) in [7, 11) is 0. The number of H-pyrrole nitrogens is 1. The van der Waals surface area contributed by atoms with Crippen LogP contribution in [-0.4, -0.2) is 37.5 Å². The number of carbonyl (C=O) groups excluding carboxylic acids is 1. The highest BCUT2D eigenvalue weighted by molar-refractivity contribution is 5.84. The minimum atomic E-state index is -0.525. The zero-order valence-corrected chi connectivity index (χ0v) is 9.62. The van der Waals surface area contributed by atoms with E-state index in [0.29, 0.717) is 12.4 Å². The van der Waals surface area contributed by atoms with Crippen LogP contribution in [0.2, 0.25) is 0 Å². The summed E-state index contributed by atoms with van der Waals surface area (Å²) in [4.78, 5) is 15.5. The second-order valence-electron chi connectivity index (χ2n) is 3.43. The van der Waals surface area contributed by atoms with Crippen LogP contribution in [0.15, 0.2) is 18.5 Å². The lowest BCUT2D eigenvalue weighted by Crippen LogP contribution is -2.10. The third-order valence-electron chi connectivity index (χ3n) is 2.28. The van der Waals surface area contributed by atoms with Gasteiger partial charge in [0.25, 0.3) is 5.82 Å². The van der Waals surface area contributed by atoms with Gasteiger partial charge in [0.2, 0.25) is 0 Å². The molecule has 1 atom stereocenters. The summed E-state index contributed by atoms with van der Waals surface area (Å²) in [6.07, 6.45) is 3.50. The van der Waals surface area contributed by atoms with E-state index in [4.69, 9.17) is 4.74 Å². The third-order valence-corrected chi connectivity index (χ3v) is 2.28. The lowest BCUT2D eigenvalue weighted by Gasteiger charge is -2.07. The smallest absolute Gasteiger partial charge is 0.378 e. The molecule has 2 rings (SSSR count). The molecule has 0 radical (unpaired) electrons. The zero-order chi connectivity index (χ0) is 12.3. The average Bonchev–Trinajstić information content (AvgIpc) is 3.00. The number of ether oxygens (including phenoxy) is 1. The van der Waals surface area contributed by atoms with Gasteiger partial charge in [-0.25, -0.2) is 9.78 Å². The Balaban J connectivity index is 2.15. The lowest BCUT2D eigenvalue weighted by atomic mass is 10.3. The number of nitrogens with one attached hydrogen (secondary N) is 1. The van der Waals surface area contributed by atoms with Crippen LogP contribution in [0.25, 0.3) is 0 Å². The Kier molecular flexibility index (Phi) is 3.17. The van der Waals surface area contributed by atoms with Gasteiger partial charge in [-0.1, -0.05) is 0 Å². The van der Waals surface area contributed by atoms with Gasteiger partial charge in [0, 0.05) is 12.4 Å². The van der Waals surface area contributed by atoms with Crippen LogP contribution >= 0.6 is 0 Å².